The first-order valence-corrected chi connectivity index (χ1v) is 8.77. The molecule has 2 heterocycles. The summed E-state index contributed by atoms with van der Waals surface area (Å²) in [5.41, 5.74) is 0.996. The number of ether oxygens (including phenoxy) is 1. The highest BCUT2D eigenvalue weighted by Crippen LogP contribution is 2.26. The van der Waals surface area contributed by atoms with Gasteiger partial charge >= 0.3 is 12.1 Å². The molecule has 11 heteroatoms. The second-order valence-corrected chi connectivity index (χ2v) is 6.04. The van der Waals surface area contributed by atoms with E-state index in [0.717, 1.165) is 0 Å². The summed E-state index contributed by atoms with van der Waals surface area (Å²) in [7, 11) is 0. The molecule has 1 amide bonds. The molecular weight excluding hydrogens is 401 g/mol. The van der Waals surface area contributed by atoms with Crippen LogP contribution in [0, 0.1) is 0 Å². The summed E-state index contributed by atoms with van der Waals surface area (Å²) in [5.74, 6) is -1.30. The Morgan fingerprint density at radius 1 is 1.32 bits per heavy atom. The minimum absolute atomic E-state index is 0.0896. The summed E-state index contributed by atoms with van der Waals surface area (Å²) in [6.45, 7) is 1.22. The van der Waals surface area contributed by atoms with E-state index < -0.39 is 31.1 Å². The second-order valence-electron chi connectivity index (χ2n) is 5.68. The van der Waals surface area contributed by atoms with E-state index in [9.17, 15) is 22.8 Å². The highest BCUT2D eigenvalue weighted by molar-refractivity contribution is 6.32. The van der Waals surface area contributed by atoms with Crippen molar-refractivity contribution in [1.82, 2.24) is 14.8 Å². The smallest absolute Gasteiger partial charge is 0.392 e. The number of pyridine rings is 1. The van der Waals surface area contributed by atoms with E-state index in [1.807, 2.05) is 0 Å². The highest BCUT2D eigenvalue weighted by Gasteiger charge is 2.27. The van der Waals surface area contributed by atoms with Gasteiger partial charge < -0.3 is 9.64 Å². The summed E-state index contributed by atoms with van der Waals surface area (Å²) >= 11 is 6.14. The molecule has 0 spiro atoms. The number of nitrogens with zero attached hydrogens (tertiary/aromatic N) is 4. The van der Waals surface area contributed by atoms with E-state index >= 15 is 0 Å². The van der Waals surface area contributed by atoms with Gasteiger partial charge in [0, 0.05) is 19.2 Å². The fourth-order valence-corrected chi connectivity index (χ4v) is 2.56. The summed E-state index contributed by atoms with van der Waals surface area (Å²) in [6.07, 6.45) is -1.46. The van der Waals surface area contributed by atoms with E-state index in [4.69, 9.17) is 11.6 Å². The third-order valence-corrected chi connectivity index (χ3v) is 3.93. The minimum Gasteiger partial charge on any atom is -0.465 e. The molecule has 28 heavy (non-hydrogen) atoms. The number of esters is 1. The lowest BCUT2D eigenvalue weighted by Crippen LogP contribution is -2.31. The van der Waals surface area contributed by atoms with Gasteiger partial charge in [0.25, 0.3) is 0 Å². The number of rotatable bonds is 8. The van der Waals surface area contributed by atoms with Gasteiger partial charge in [0.05, 0.1) is 37.5 Å². The van der Waals surface area contributed by atoms with E-state index in [1.165, 1.54) is 9.58 Å². The van der Waals surface area contributed by atoms with Crippen LogP contribution < -0.4 is 4.90 Å². The molecule has 152 valence electrons. The van der Waals surface area contributed by atoms with Crippen LogP contribution in [0.4, 0.5) is 18.9 Å². The molecule has 0 aliphatic carbocycles. The van der Waals surface area contributed by atoms with Crippen molar-refractivity contribution < 1.29 is 27.5 Å². The molecule has 0 radical (unpaired) electrons. The molecule has 0 saturated carbocycles. The number of anilines is 1. The van der Waals surface area contributed by atoms with Gasteiger partial charge in [-0.25, -0.2) is 4.68 Å². The van der Waals surface area contributed by atoms with Crippen molar-refractivity contribution in [2.45, 2.75) is 32.4 Å². The monoisotopic (exact) mass is 418 g/mol. The van der Waals surface area contributed by atoms with Crippen molar-refractivity contribution in [3.8, 4) is 5.69 Å². The Balaban J connectivity index is 1.96. The quantitative estimate of drug-likeness (QED) is 0.613. The average molecular weight is 419 g/mol. The maximum atomic E-state index is 12.4. The van der Waals surface area contributed by atoms with Gasteiger partial charge in [-0.1, -0.05) is 11.6 Å². The zero-order chi connectivity index (χ0) is 20.7. The molecule has 0 unspecified atom stereocenters. The van der Waals surface area contributed by atoms with Crippen molar-refractivity contribution in [3.05, 3.63) is 35.9 Å². The number of halogens is 4. The largest absolute Gasteiger partial charge is 0.465 e. The summed E-state index contributed by atoms with van der Waals surface area (Å²) < 4.78 is 42.1. The van der Waals surface area contributed by atoms with Gasteiger partial charge in [0.15, 0.2) is 5.15 Å². The molecule has 0 N–H and O–H groups in total. The second kappa shape index (κ2) is 9.54. The highest BCUT2D eigenvalue weighted by atomic mass is 35.5. The maximum Gasteiger partial charge on any atom is 0.392 e. The summed E-state index contributed by atoms with van der Waals surface area (Å²) in [6, 6.07) is 3.48. The number of aromatic nitrogens is 3. The standard InChI is InChI=1S/C17H18ClF3N4O3/c1-2-24(14(26)5-6-15(27)28-9-7-17(19,20)21)13-11-25(23-16(13)18)12-4-3-8-22-10-12/h3-4,8,10-11H,2,5-7,9H2,1H3. The van der Waals surface area contributed by atoms with Crippen molar-refractivity contribution >= 4 is 29.2 Å². The molecule has 0 saturated heterocycles. The molecule has 0 aliphatic rings. The number of amides is 1. The van der Waals surface area contributed by atoms with Crippen LogP contribution in [0.1, 0.15) is 26.2 Å². The molecule has 7 nitrogen and oxygen atoms in total. The fourth-order valence-electron chi connectivity index (χ4n) is 2.32. The van der Waals surface area contributed by atoms with Crippen molar-refractivity contribution in [3.63, 3.8) is 0 Å². The van der Waals surface area contributed by atoms with E-state index in [1.54, 1.807) is 37.6 Å². The number of hydrogen-bond donors (Lipinski definition) is 0. The lowest BCUT2D eigenvalue weighted by molar-refractivity contribution is -0.159. The summed E-state index contributed by atoms with van der Waals surface area (Å²) in [5, 5.41) is 4.23. The van der Waals surface area contributed by atoms with Crippen LogP contribution >= 0.6 is 11.6 Å². The molecule has 0 aliphatic heterocycles. The first-order valence-electron chi connectivity index (χ1n) is 8.39. The number of carbonyl (C=O) groups is 2. The normalized spacial score (nSPS) is 11.3. The van der Waals surface area contributed by atoms with Crippen LogP contribution in [0.5, 0.6) is 0 Å². The van der Waals surface area contributed by atoms with Crippen LogP contribution in [-0.4, -0.2) is 46.0 Å². The minimum atomic E-state index is -4.40. The Bertz CT molecular complexity index is 812. The van der Waals surface area contributed by atoms with Crippen LogP contribution in [0.3, 0.4) is 0 Å². The van der Waals surface area contributed by atoms with E-state index in [2.05, 4.69) is 14.8 Å². The molecule has 0 bridgehead atoms. The van der Waals surface area contributed by atoms with Crippen LogP contribution in [0.2, 0.25) is 5.15 Å². The predicted molar refractivity (Wildman–Crippen MR) is 95.3 cm³/mol. The Hall–Kier alpha value is -2.62. The van der Waals surface area contributed by atoms with Gasteiger partial charge in [-0.2, -0.15) is 18.3 Å². The number of carbonyl (C=O) groups excluding carboxylic acids is 2. The van der Waals surface area contributed by atoms with Crippen molar-refractivity contribution in [1.29, 1.82) is 0 Å². The number of alkyl halides is 3. The average Bonchev–Trinajstić information content (AvgIpc) is 3.02. The van der Waals surface area contributed by atoms with Crippen molar-refractivity contribution in [2.75, 3.05) is 18.1 Å². The topological polar surface area (TPSA) is 77.3 Å². The van der Waals surface area contributed by atoms with Gasteiger partial charge in [-0.15, -0.1) is 0 Å². The number of hydrogen-bond acceptors (Lipinski definition) is 5. The van der Waals surface area contributed by atoms with Gasteiger partial charge in [-0.05, 0) is 19.1 Å². The van der Waals surface area contributed by atoms with Crippen LogP contribution in [0.15, 0.2) is 30.7 Å². The SMILES string of the molecule is CCN(C(=O)CCC(=O)OCCC(F)(F)F)c1cn(-c2cccnc2)nc1Cl. The molecular formula is C17H18ClF3N4O3. The first kappa shape index (κ1) is 21.7. The third-order valence-electron chi connectivity index (χ3n) is 3.66. The van der Waals surface area contributed by atoms with Crippen molar-refractivity contribution in [2.24, 2.45) is 0 Å². The van der Waals surface area contributed by atoms with Gasteiger partial charge in [0.2, 0.25) is 5.91 Å². The Morgan fingerprint density at radius 2 is 2.07 bits per heavy atom. The molecule has 2 rings (SSSR count). The summed E-state index contributed by atoms with van der Waals surface area (Å²) in [4.78, 5) is 29.3. The lowest BCUT2D eigenvalue weighted by Gasteiger charge is -2.19. The molecule has 2 aromatic rings. The molecule has 2 aromatic heterocycles. The zero-order valence-corrected chi connectivity index (χ0v) is 15.7. The van der Waals surface area contributed by atoms with E-state index in [0.29, 0.717) is 11.4 Å². The Morgan fingerprint density at radius 3 is 2.68 bits per heavy atom. The molecule has 0 atom stereocenters. The van der Waals surface area contributed by atoms with Gasteiger partial charge in [0.1, 0.15) is 5.69 Å². The fraction of sp³-hybridized carbons (Fsp3) is 0.412. The molecule has 0 fully saturated rings. The third kappa shape index (κ3) is 6.22. The Labute approximate surface area is 164 Å². The van der Waals surface area contributed by atoms with Crippen LogP contribution in [-0.2, 0) is 14.3 Å². The predicted octanol–water partition coefficient (Wildman–Crippen LogP) is 3.55. The van der Waals surface area contributed by atoms with E-state index in [-0.39, 0.29) is 24.5 Å². The Kier molecular flexibility index (Phi) is 7.38. The zero-order valence-electron chi connectivity index (χ0n) is 14.9. The van der Waals surface area contributed by atoms with Crippen LogP contribution in [0.25, 0.3) is 5.69 Å². The first-order chi connectivity index (χ1) is 13.2. The van der Waals surface area contributed by atoms with Gasteiger partial charge in [-0.3, -0.25) is 14.6 Å². The molecule has 0 aromatic carbocycles. The maximum absolute atomic E-state index is 12.4. The lowest BCUT2D eigenvalue weighted by atomic mass is 10.2.